The van der Waals surface area contributed by atoms with Crippen LogP contribution in [0.4, 0.5) is 0 Å². The number of nitrogens with two attached hydrogens (primary N) is 1. The van der Waals surface area contributed by atoms with Crippen molar-refractivity contribution in [3.05, 3.63) is 41.7 Å². The Labute approximate surface area is 159 Å². The topological polar surface area (TPSA) is 140 Å². The molecule has 0 radical (unpaired) electrons. The zero-order chi connectivity index (χ0) is 19.8. The van der Waals surface area contributed by atoms with E-state index >= 15 is 0 Å². The fourth-order valence-corrected chi connectivity index (χ4v) is 2.90. The van der Waals surface area contributed by atoms with Crippen molar-refractivity contribution >= 4 is 17.3 Å². The van der Waals surface area contributed by atoms with E-state index in [0.29, 0.717) is 5.56 Å². The first-order chi connectivity index (χ1) is 12.9. The lowest BCUT2D eigenvalue weighted by Crippen LogP contribution is -2.84. The largest absolute Gasteiger partial charge is 0.750 e. The van der Waals surface area contributed by atoms with Crippen LogP contribution >= 0.6 is 0 Å². The van der Waals surface area contributed by atoms with Crippen LogP contribution in [0, 0.1) is 6.92 Å². The zero-order valence-electron chi connectivity index (χ0n) is 15.1. The Morgan fingerprint density at radius 2 is 2.00 bits per heavy atom. The molecule has 0 spiro atoms. The molecule has 3 rings (SSSR count). The minimum Gasteiger partial charge on any atom is -0.750 e. The van der Waals surface area contributed by atoms with Crippen molar-refractivity contribution in [2.45, 2.75) is 26.3 Å². The van der Waals surface area contributed by atoms with Gasteiger partial charge in [-0.25, -0.2) is 4.21 Å². The third kappa shape index (κ3) is 5.91. The number of aromatic nitrogens is 3. The lowest BCUT2D eigenvalue weighted by Gasteiger charge is -2.26. The predicted octanol–water partition coefficient (Wildman–Crippen LogP) is -1.55. The second-order valence-electron chi connectivity index (χ2n) is 6.11. The van der Waals surface area contributed by atoms with Gasteiger partial charge in [-0.15, -0.1) is 0 Å². The Kier molecular flexibility index (Phi) is 8.00. The van der Waals surface area contributed by atoms with Crippen LogP contribution in [-0.4, -0.2) is 60.2 Å². The molecule has 1 saturated heterocycles. The summed E-state index contributed by atoms with van der Waals surface area (Å²) in [5, 5.41) is 19.1. The van der Waals surface area contributed by atoms with Crippen LogP contribution in [0.1, 0.15) is 29.3 Å². The van der Waals surface area contributed by atoms with Crippen molar-refractivity contribution in [2.24, 2.45) is 0 Å². The van der Waals surface area contributed by atoms with Crippen LogP contribution in [0.15, 0.2) is 30.6 Å². The number of carbonyl (C=O) groups is 1. The highest BCUT2D eigenvalue weighted by Crippen LogP contribution is 2.19. The fourth-order valence-electron chi connectivity index (χ4n) is 2.90. The summed E-state index contributed by atoms with van der Waals surface area (Å²) < 4.78 is 20.1. The van der Waals surface area contributed by atoms with E-state index in [-0.39, 0.29) is 11.9 Å². The Morgan fingerprint density at radius 3 is 2.63 bits per heavy atom. The van der Waals surface area contributed by atoms with Gasteiger partial charge in [0.25, 0.3) is 5.91 Å². The van der Waals surface area contributed by atoms with Gasteiger partial charge in [-0.1, -0.05) is 11.6 Å². The summed E-state index contributed by atoms with van der Waals surface area (Å²) in [6, 6.07) is 6.08. The number of carbonyl (C=O) groups excluding carboxylic acids is 1. The van der Waals surface area contributed by atoms with Gasteiger partial charge in [0, 0.05) is 12.5 Å². The summed E-state index contributed by atoms with van der Waals surface area (Å²) in [5.41, 5.74) is 2.47. The van der Waals surface area contributed by atoms with Crippen LogP contribution < -0.4 is 10.6 Å². The van der Waals surface area contributed by atoms with Crippen molar-refractivity contribution in [3.63, 3.8) is 0 Å². The van der Waals surface area contributed by atoms with Gasteiger partial charge in [0.2, 0.25) is 0 Å². The number of amides is 1. The predicted molar refractivity (Wildman–Crippen MR) is 92.9 cm³/mol. The molecule has 1 aromatic heterocycles. The van der Waals surface area contributed by atoms with Gasteiger partial charge in [-0.3, -0.25) is 4.79 Å². The molecule has 1 unspecified atom stereocenters. The number of hydrogen-bond donors (Lipinski definition) is 1. The molecule has 2 N–H and O–H groups in total. The highest BCUT2D eigenvalue weighted by Gasteiger charge is 2.26. The first-order valence-corrected chi connectivity index (χ1v) is 9.43. The highest BCUT2D eigenvalue weighted by atomic mass is 32.2. The van der Waals surface area contributed by atoms with Gasteiger partial charge in [-0.2, -0.15) is 15.0 Å². The van der Waals surface area contributed by atoms with Crippen LogP contribution in [0.5, 0.6) is 0 Å². The summed E-state index contributed by atoms with van der Waals surface area (Å²) >= 11 is -2.88. The maximum atomic E-state index is 13.1. The molecule has 1 fully saturated rings. The third-order valence-corrected chi connectivity index (χ3v) is 4.34. The summed E-state index contributed by atoms with van der Waals surface area (Å²) in [5.74, 6) is 0.0683. The van der Waals surface area contributed by atoms with Gasteiger partial charge < -0.3 is 24.4 Å². The van der Waals surface area contributed by atoms with Crippen LogP contribution in [0.3, 0.4) is 0 Å². The van der Waals surface area contributed by atoms with Crippen molar-refractivity contribution in [1.82, 2.24) is 19.9 Å². The highest BCUT2D eigenvalue weighted by molar-refractivity contribution is 7.73. The summed E-state index contributed by atoms with van der Waals surface area (Å²) in [6.45, 7) is 6.93. The Bertz CT molecular complexity index is 771. The standard InChI is InChI=1S/C16H21N5O.H2O4S/c1-12-3-4-15(21-18-7-8-19-21)14(11-12)16(22)20-10-9-17-6-5-13(20)2;1-4-5(2)3/h3-4,7-8,11,13,17H,5-6,9-10H2,1-2H3;1H,(H,2,3)/p-1/t13-;/m1./s1. The number of benzene rings is 1. The van der Waals surface area contributed by atoms with Crippen molar-refractivity contribution in [1.29, 1.82) is 0 Å². The lowest BCUT2D eigenvalue weighted by molar-refractivity contribution is -0.651. The Morgan fingerprint density at radius 1 is 1.33 bits per heavy atom. The second kappa shape index (κ2) is 10.2. The molecule has 2 atom stereocenters. The molecule has 148 valence electrons. The molecule has 27 heavy (non-hydrogen) atoms. The molecule has 2 heterocycles. The third-order valence-electron chi connectivity index (χ3n) is 4.23. The number of aryl methyl sites for hydroxylation is 1. The molecule has 1 aliphatic rings. The number of quaternary nitrogens is 1. The quantitative estimate of drug-likeness (QED) is 0.376. The zero-order valence-corrected chi connectivity index (χ0v) is 15.9. The number of hydrogen-bond acceptors (Lipinski definition) is 7. The SMILES string of the molecule is Cc1ccc(-n2nccn2)c(C(=O)N2CC[NH2+]CC[C@H]2C)c1.O=S([O-])O[O-]. The summed E-state index contributed by atoms with van der Waals surface area (Å²) in [4.78, 5) is 16.6. The van der Waals surface area contributed by atoms with E-state index in [9.17, 15) is 4.79 Å². The van der Waals surface area contributed by atoms with E-state index < -0.39 is 11.4 Å². The van der Waals surface area contributed by atoms with Crippen LogP contribution in [0.2, 0.25) is 0 Å². The minimum absolute atomic E-state index is 0.0683. The Balaban J connectivity index is 0.000000465. The minimum atomic E-state index is -2.88. The van der Waals surface area contributed by atoms with Gasteiger partial charge in [-0.05, 0) is 26.0 Å². The molecule has 0 aliphatic carbocycles. The van der Waals surface area contributed by atoms with Gasteiger partial charge >= 0.3 is 0 Å². The van der Waals surface area contributed by atoms with Crippen LogP contribution in [-0.2, 0) is 15.7 Å². The van der Waals surface area contributed by atoms with Crippen molar-refractivity contribution < 1.29 is 28.5 Å². The van der Waals surface area contributed by atoms with E-state index in [1.807, 2.05) is 30.0 Å². The monoisotopic (exact) mass is 396 g/mol. The molecule has 2 aromatic rings. The van der Waals surface area contributed by atoms with E-state index in [0.717, 1.165) is 37.3 Å². The Hall–Kier alpha value is -2.18. The summed E-state index contributed by atoms with van der Waals surface area (Å²) in [6.07, 6.45) is 4.27. The molecule has 0 saturated carbocycles. The molecule has 1 aromatic carbocycles. The lowest BCUT2D eigenvalue weighted by atomic mass is 10.1. The van der Waals surface area contributed by atoms with E-state index in [1.165, 1.54) is 4.80 Å². The summed E-state index contributed by atoms with van der Waals surface area (Å²) in [7, 11) is 0. The van der Waals surface area contributed by atoms with Crippen LogP contribution in [0.25, 0.3) is 5.69 Å². The second-order valence-corrected chi connectivity index (χ2v) is 6.66. The maximum Gasteiger partial charge on any atom is 0.256 e. The molecular formula is C16H22N5O5S-. The van der Waals surface area contributed by atoms with Gasteiger partial charge in [0.15, 0.2) is 0 Å². The van der Waals surface area contributed by atoms with Crippen molar-refractivity contribution in [2.75, 3.05) is 19.6 Å². The molecule has 1 aliphatic heterocycles. The normalized spacial score (nSPS) is 18.2. The number of nitrogens with zero attached hydrogens (tertiary/aromatic N) is 4. The maximum absolute atomic E-state index is 13.1. The van der Waals surface area contributed by atoms with E-state index in [4.69, 9.17) is 14.0 Å². The molecule has 0 bridgehead atoms. The molecule has 11 heteroatoms. The van der Waals surface area contributed by atoms with E-state index in [1.54, 1.807) is 12.4 Å². The average Bonchev–Trinajstić information content (AvgIpc) is 3.10. The molecule has 10 nitrogen and oxygen atoms in total. The fraction of sp³-hybridized carbons (Fsp3) is 0.438. The number of rotatable bonds is 3. The first kappa shape index (κ1) is 21.1. The molecule has 1 amide bonds. The van der Waals surface area contributed by atoms with Gasteiger partial charge in [0.05, 0.1) is 54.6 Å². The smallest absolute Gasteiger partial charge is 0.256 e. The van der Waals surface area contributed by atoms with Gasteiger partial charge in [0.1, 0.15) is 0 Å². The average molecular weight is 396 g/mol. The molecular weight excluding hydrogens is 374 g/mol. The van der Waals surface area contributed by atoms with E-state index in [2.05, 4.69) is 26.8 Å². The first-order valence-electron chi connectivity index (χ1n) is 8.43. The van der Waals surface area contributed by atoms with Crippen molar-refractivity contribution in [3.8, 4) is 5.69 Å².